The van der Waals surface area contributed by atoms with Crippen LogP contribution in [-0.4, -0.2) is 71.0 Å². The fourth-order valence-corrected chi connectivity index (χ4v) is 3.76. The Kier molecular flexibility index (Phi) is 6.77. The molecule has 2 aromatic rings. The van der Waals surface area contributed by atoms with Gasteiger partial charge in [-0.05, 0) is 29.9 Å². The Labute approximate surface area is 184 Å². The number of hydrogen-bond donors (Lipinski definition) is 2. The SMILES string of the molecule is O=C(NCC1=CC=CC(F)C=C1)c1c(O)c2ncccc2n(CCN2CCOCC2)c1=O. The van der Waals surface area contributed by atoms with Crippen molar-refractivity contribution in [1.29, 1.82) is 0 Å². The van der Waals surface area contributed by atoms with Crippen LogP contribution in [-0.2, 0) is 11.3 Å². The van der Waals surface area contributed by atoms with Crippen LogP contribution >= 0.6 is 0 Å². The van der Waals surface area contributed by atoms with Crippen molar-refractivity contribution in [3.63, 3.8) is 0 Å². The molecule has 168 valence electrons. The number of carbonyl (C=O) groups excluding carboxylic acids is 1. The fourth-order valence-electron chi connectivity index (χ4n) is 3.76. The van der Waals surface area contributed by atoms with Crippen LogP contribution in [0.2, 0.25) is 0 Å². The zero-order valence-electron chi connectivity index (χ0n) is 17.5. The van der Waals surface area contributed by atoms with E-state index in [1.165, 1.54) is 22.9 Å². The third kappa shape index (κ3) is 4.79. The van der Waals surface area contributed by atoms with Crippen molar-refractivity contribution in [3.05, 3.63) is 70.2 Å². The topological polar surface area (TPSA) is 96.7 Å². The van der Waals surface area contributed by atoms with Crippen molar-refractivity contribution < 1.29 is 19.0 Å². The van der Waals surface area contributed by atoms with Gasteiger partial charge in [0, 0.05) is 38.9 Å². The number of allylic oxidation sites excluding steroid dienone is 4. The second kappa shape index (κ2) is 9.88. The van der Waals surface area contributed by atoms with E-state index < -0.39 is 23.4 Å². The summed E-state index contributed by atoms with van der Waals surface area (Å²) in [6.45, 7) is 3.86. The van der Waals surface area contributed by atoms with E-state index in [1.54, 1.807) is 30.4 Å². The molecule has 32 heavy (non-hydrogen) atoms. The molecule has 0 aromatic carbocycles. The van der Waals surface area contributed by atoms with Gasteiger partial charge in [-0.25, -0.2) is 4.39 Å². The van der Waals surface area contributed by atoms with Crippen LogP contribution in [0.15, 0.2) is 59.1 Å². The zero-order valence-corrected chi connectivity index (χ0v) is 17.5. The molecule has 0 radical (unpaired) electrons. The number of carbonyl (C=O) groups is 1. The lowest BCUT2D eigenvalue weighted by molar-refractivity contribution is 0.0364. The minimum absolute atomic E-state index is 0.0826. The number of alkyl halides is 1. The maximum absolute atomic E-state index is 13.4. The molecule has 0 bridgehead atoms. The predicted molar refractivity (Wildman–Crippen MR) is 119 cm³/mol. The summed E-state index contributed by atoms with van der Waals surface area (Å²) in [5.41, 5.74) is 0.392. The second-order valence-electron chi connectivity index (χ2n) is 7.62. The summed E-state index contributed by atoms with van der Waals surface area (Å²) < 4.78 is 20.2. The van der Waals surface area contributed by atoms with Crippen molar-refractivity contribution >= 4 is 16.9 Å². The van der Waals surface area contributed by atoms with Crippen molar-refractivity contribution in [2.24, 2.45) is 0 Å². The Morgan fingerprint density at radius 3 is 2.91 bits per heavy atom. The van der Waals surface area contributed by atoms with Crippen molar-refractivity contribution in [1.82, 2.24) is 19.8 Å². The summed E-state index contributed by atoms with van der Waals surface area (Å²) in [4.78, 5) is 32.5. The largest absolute Gasteiger partial charge is 0.505 e. The molecule has 0 saturated carbocycles. The molecular weight excluding hydrogens is 415 g/mol. The highest BCUT2D eigenvalue weighted by molar-refractivity contribution is 6.01. The third-order valence-corrected chi connectivity index (χ3v) is 5.52. The molecule has 2 aromatic heterocycles. The summed E-state index contributed by atoms with van der Waals surface area (Å²) >= 11 is 0. The van der Waals surface area contributed by atoms with Gasteiger partial charge in [-0.2, -0.15) is 0 Å². The van der Waals surface area contributed by atoms with Crippen LogP contribution in [0.4, 0.5) is 4.39 Å². The molecule has 1 atom stereocenters. The summed E-state index contributed by atoms with van der Waals surface area (Å²) in [7, 11) is 0. The van der Waals surface area contributed by atoms with E-state index in [9.17, 15) is 19.1 Å². The maximum Gasteiger partial charge on any atom is 0.267 e. The van der Waals surface area contributed by atoms with E-state index in [4.69, 9.17) is 4.74 Å². The van der Waals surface area contributed by atoms with Gasteiger partial charge in [0.1, 0.15) is 17.3 Å². The van der Waals surface area contributed by atoms with Gasteiger partial charge >= 0.3 is 0 Å². The first-order valence-electron chi connectivity index (χ1n) is 10.5. The third-order valence-electron chi connectivity index (χ3n) is 5.52. The molecule has 1 aliphatic carbocycles. The summed E-state index contributed by atoms with van der Waals surface area (Å²) in [5.74, 6) is -1.15. The van der Waals surface area contributed by atoms with Gasteiger partial charge in [0.05, 0.1) is 18.7 Å². The summed E-state index contributed by atoms with van der Waals surface area (Å²) in [6.07, 6.45) is 7.90. The number of hydrogen-bond acceptors (Lipinski definition) is 6. The van der Waals surface area contributed by atoms with Gasteiger partial charge in [0.2, 0.25) is 0 Å². The van der Waals surface area contributed by atoms with Gasteiger partial charge in [-0.15, -0.1) is 0 Å². The fraction of sp³-hybridized carbons (Fsp3) is 0.348. The Hall–Kier alpha value is -3.30. The monoisotopic (exact) mass is 440 g/mol. The predicted octanol–water partition coefficient (Wildman–Crippen LogP) is 1.55. The van der Waals surface area contributed by atoms with Crippen LogP contribution < -0.4 is 10.9 Å². The number of aromatic hydroxyl groups is 1. The van der Waals surface area contributed by atoms with E-state index in [0.717, 1.165) is 13.1 Å². The first-order chi connectivity index (χ1) is 15.5. The average Bonchev–Trinajstić information content (AvgIpc) is 3.02. The van der Waals surface area contributed by atoms with Crippen molar-refractivity contribution in [2.75, 3.05) is 39.4 Å². The van der Waals surface area contributed by atoms with Crippen LogP contribution in [0.1, 0.15) is 10.4 Å². The molecule has 1 aliphatic heterocycles. The van der Waals surface area contributed by atoms with Gasteiger partial charge in [0.25, 0.3) is 11.5 Å². The van der Waals surface area contributed by atoms with Crippen molar-refractivity contribution in [2.45, 2.75) is 12.7 Å². The van der Waals surface area contributed by atoms with Crippen LogP contribution in [0.25, 0.3) is 11.0 Å². The summed E-state index contributed by atoms with van der Waals surface area (Å²) in [5, 5.41) is 13.4. The van der Waals surface area contributed by atoms with Gasteiger partial charge in [0.15, 0.2) is 5.75 Å². The first-order valence-corrected chi connectivity index (χ1v) is 10.5. The Morgan fingerprint density at radius 2 is 2.09 bits per heavy atom. The molecule has 1 fully saturated rings. The molecule has 8 nitrogen and oxygen atoms in total. The summed E-state index contributed by atoms with van der Waals surface area (Å²) in [6, 6.07) is 3.38. The highest BCUT2D eigenvalue weighted by Gasteiger charge is 2.23. The molecule has 2 N–H and O–H groups in total. The number of nitrogens with one attached hydrogen (secondary N) is 1. The number of rotatable bonds is 6. The highest BCUT2D eigenvalue weighted by atomic mass is 19.1. The van der Waals surface area contributed by atoms with Crippen molar-refractivity contribution in [3.8, 4) is 5.75 Å². The van der Waals surface area contributed by atoms with Crippen LogP contribution in [0, 0.1) is 0 Å². The number of halogens is 1. The van der Waals surface area contributed by atoms with E-state index in [-0.39, 0.29) is 17.6 Å². The normalized spacial score (nSPS) is 19.0. The standard InChI is InChI=1S/C23H25FN4O4/c24-17-4-1-3-16(6-7-17)15-26-22(30)19-21(29)20-18(5-2-8-25-20)28(23(19)31)10-9-27-11-13-32-14-12-27/h1-8,17,29H,9-15H2,(H,26,30). The maximum atomic E-state index is 13.4. The average molecular weight is 440 g/mol. The minimum atomic E-state index is -1.19. The Morgan fingerprint density at radius 1 is 1.28 bits per heavy atom. The van der Waals surface area contributed by atoms with Gasteiger partial charge < -0.3 is 19.7 Å². The lowest BCUT2D eigenvalue weighted by Crippen LogP contribution is -2.40. The second-order valence-corrected chi connectivity index (χ2v) is 7.62. The highest BCUT2D eigenvalue weighted by Crippen LogP contribution is 2.24. The number of ether oxygens (including phenoxy) is 1. The minimum Gasteiger partial charge on any atom is -0.505 e. The molecule has 1 unspecified atom stereocenters. The number of nitrogens with zero attached hydrogens (tertiary/aromatic N) is 3. The molecule has 3 heterocycles. The zero-order chi connectivity index (χ0) is 22.5. The number of morpholine rings is 1. The van der Waals surface area contributed by atoms with Gasteiger partial charge in [-0.3, -0.25) is 19.5 Å². The Balaban J connectivity index is 1.61. The van der Waals surface area contributed by atoms with Crippen LogP contribution in [0.3, 0.4) is 0 Å². The molecule has 1 amide bonds. The Bertz CT molecular complexity index is 1150. The number of amides is 1. The van der Waals surface area contributed by atoms with E-state index in [0.29, 0.717) is 37.4 Å². The van der Waals surface area contributed by atoms with E-state index in [1.807, 2.05) is 0 Å². The van der Waals surface area contributed by atoms with E-state index >= 15 is 0 Å². The first kappa shape index (κ1) is 21.9. The molecular formula is C23H25FN4O4. The molecule has 1 saturated heterocycles. The number of aromatic nitrogens is 2. The van der Waals surface area contributed by atoms with Gasteiger partial charge in [-0.1, -0.05) is 18.2 Å². The lowest BCUT2D eigenvalue weighted by atomic mass is 10.1. The molecule has 2 aliphatic rings. The number of pyridine rings is 2. The van der Waals surface area contributed by atoms with E-state index in [2.05, 4.69) is 15.2 Å². The van der Waals surface area contributed by atoms with Crippen LogP contribution in [0.5, 0.6) is 5.75 Å². The molecule has 9 heteroatoms. The quantitative estimate of drug-likeness (QED) is 0.708. The lowest BCUT2D eigenvalue weighted by Gasteiger charge is -2.27. The smallest absolute Gasteiger partial charge is 0.267 e. The molecule has 4 rings (SSSR count). The molecule has 0 spiro atoms. The number of fused-ring (bicyclic) bond motifs is 1.